The number of aryl methyl sites for hydroxylation is 1. The topological polar surface area (TPSA) is 12.0 Å². The molecule has 0 heterocycles. The van der Waals surface area contributed by atoms with E-state index in [9.17, 15) is 0 Å². The lowest BCUT2D eigenvalue weighted by atomic mass is 10.1. The van der Waals surface area contributed by atoms with Crippen molar-refractivity contribution in [2.75, 3.05) is 5.32 Å². The maximum atomic E-state index is 6.08. The van der Waals surface area contributed by atoms with Crippen molar-refractivity contribution in [2.45, 2.75) is 6.92 Å². The first-order valence-corrected chi connectivity index (χ1v) is 5.82. The van der Waals surface area contributed by atoms with Gasteiger partial charge < -0.3 is 5.32 Å². The summed E-state index contributed by atoms with van der Waals surface area (Å²) in [5.41, 5.74) is 4.02. The lowest BCUT2D eigenvalue weighted by Crippen LogP contribution is -1.97. The minimum absolute atomic E-state index is 0.695. The predicted octanol–water partition coefficient (Wildman–Crippen LogP) is 4.73. The standard InChI is InChI=1S/C15H14ClN/c1-11-7-9-13(10-8-11)12(2)17-15-6-4-3-5-14(15)16/h3-10,17H,2H2,1H3. The molecule has 1 nitrogen and oxygen atoms in total. The zero-order chi connectivity index (χ0) is 12.3. The molecule has 2 heteroatoms. The van der Waals surface area contributed by atoms with Gasteiger partial charge in [-0.1, -0.05) is 60.1 Å². The van der Waals surface area contributed by atoms with Crippen molar-refractivity contribution in [1.29, 1.82) is 0 Å². The minimum Gasteiger partial charge on any atom is -0.354 e. The van der Waals surface area contributed by atoms with Crippen LogP contribution >= 0.6 is 11.6 Å². The molecule has 0 aliphatic rings. The number of para-hydroxylation sites is 1. The summed E-state index contributed by atoms with van der Waals surface area (Å²) >= 11 is 6.08. The van der Waals surface area contributed by atoms with E-state index in [-0.39, 0.29) is 0 Å². The van der Waals surface area contributed by atoms with Crippen LogP contribution in [0, 0.1) is 6.92 Å². The molecule has 0 fully saturated rings. The number of halogens is 1. The molecule has 0 spiro atoms. The fourth-order valence-electron chi connectivity index (χ4n) is 1.55. The summed E-state index contributed by atoms with van der Waals surface area (Å²) < 4.78 is 0. The molecule has 0 aliphatic carbocycles. The average Bonchev–Trinajstić information content (AvgIpc) is 2.33. The summed E-state index contributed by atoms with van der Waals surface area (Å²) in [5.74, 6) is 0. The highest BCUT2D eigenvalue weighted by Gasteiger charge is 2.02. The minimum atomic E-state index is 0.695. The van der Waals surface area contributed by atoms with Gasteiger partial charge >= 0.3 is 0 Å². The third-order valence-electron chi connectivity index (χ3n) is 2.56. The highest BCUT2D eigenvalue weighted by atomic mass is 35.5. The SMILES string of the molecule is C=C(Nc1ccccc1Cl)c1ccc(C)cc1. The van der Waals surface area contributed by atoms with Crippen molar-refractivity contribution in [3.63, 3.8) is 0 Å². The normalized spacial score (nSPS) is 10.0. The predicted molar refractivity (Wildman–Crippen MR) is 75.3 cm³/mol. The molecule has 0 radical (unpaired) electrons. The van der Waals surface area contributed by atoms with Crippen LogP contribution in [-0.4, -0.2) is 0 Å². The molecule has 2 aromatic carbocycles. The third-order valence-corrected chi connectivity index (χ3v) is 2.89. The van der Waals surface area contributed by atoms with E-state index < -0.39 is 0 Å². The lowest BCUT2D eigenvalue weighted by molar-refractivity contribution is 1.44. The van der Waals surface area contributed by atoms with Gasteiger partial charge in [-0.05, 0) is 24.6 Å². The van der Waals surface area contributed by atoms with Gasteiger partial charge in [0.25, 0.3) is 0 Å². The molecule has 0 amide bonds. The maximum Gasteiger partial charge on any atom is 0.0640 e. The fraction of sp³-hybridized carbons (Fsp3) is 0.0667. The molecule has 86 valence electrons. The highest BCUT2D eigenvalue weighted by molar-refractivity contribution is 6.33. The third kappa shape index (κ3) is 2.89. The van der Waals surface area contributed by atoms with Crippen molar-refractivity contribution < 1.29 is 0 Å². The molecule has 0 aliphatic heterocycles. The van der Waals surface area contributed by atoms with Crippen LogP contribution in [0.1, 0.15) is 11.1 Å². The van der Waals surface area contributed by atoms with Crippen LogP contribution in [0.5, 0.6) is 0 Å². The number of hydrogen-bond acceptors (Lipinski definition) is 1. The summed E-state index contributed by atoms with van der Waals surface area (Å²) in [6, 6.07) is 15.8. The van der Waals surface area contributed by atoms with Gasteiger partial charge in [0, 0.05) is 5.70 Å². The summed E-state index contributed by atoms with van der Waals surface area (Å²) in [6.07, 6.45) is 0. The van der Waals surface area contributed by atoms with Crippen molar-refractivity contribution in [2.24, 2.45) is 0 Å². The Labute approximate surface area is 107 Å². The van der Waals surface area contributed by atoms with Crippen LogP contribution in [0.2, 0.25) is 5.02 Å². The van der Waals surface area contributed by atoms with Crippen molar-refractivity contribution >= 4 is 23.0 Å². The molecular weight excluding hydrogens is 230 g/mol. The Morgan fingerprint density at radius 2 is 1.71 bits per heavy atom. The second-order valence-electron chi connectivity index (χ2n) is 3.95. The van der Waals surface area contributed by atoms with E-state index in [2.05, 4.69) is 31.0 Å². The number of rotatable bonds is 3. The van der Waals surface area contributed by atoms with Crippen LogP contribution in [0.3, 0.4) is 0 Å². The lowest BCUT2D eigenvalue weighted by Gasteiger charge is -2.11. The van der Waals surface area contributed by atoms with E-state index in [1.54, 1.807) is 0 Å². The molecule has 0 aromatic heterocycles. The Kier molecular flexibility index (Phi) is 3.50. The van der Waals surface area contributed by atoms with Gasteiger partial charge in [0.15, 0.2) is 0 Å². The summed E-state index contributed by atoms with van der Waals surface area (Å²) in [7, 11) is 0. The quantitative estimate of drug-likeness (QED) is 0.822. The monoisotopic (exact) mass is 243 g/mol. The van der Waals surface area contributed by atoms with E-state index in [0.717, 1.165) is 16.9 Å². The van der Waals surface area contributed by atoms with Crippen LogP contribution in [0.4, 0.5) is 5.69 Å². The molecule has 0 bridgehead atoms. The smallest absolute Gasteiger partial charge is 0.0640 e. The van der Waals surface area contributed by atoms with E-state index in [1.807, 2.05) is 36.4 Å². The number of nitrogens with one attached hydrogen (secondary N) is 1. The van der Waals surface area contributed by atoms with Gasteiger partial charge in [0.2, 0.25) is 0 Å². The summed E-state index contributed by atoms with van der Waals surface area (Å²) in [6.45, 7) is 6.08. The van der Waals surface area contributed by atoms with Crippen LogP contribution in [0.15, 0.2) is 55.1 Å². The number of anilines is 1. The van der Waals surface area contributed by atoms with Gasteiger partial charge in [-0.2, -0.15) is 0 Å². The second-order valence-corrected chi connectivity index (χ2v) is 4.36. The van der Waals surface area contributed by atoms with E-state index in [0.29, 0.717) is 5.02 Å². The Bertz CT molecular complexity index is 529. The highest BCUT2D eigenvalue weighted by Crippen LogP contribution is 2.24. The zero-order valence-electron chi connectivity index (χ0n) is 9.70. The van der Waals surface area contributed by atoms with Gasteiger partial charge in [-0.3, -0.25) is 0 Å². The Hall–Kier alpha value is -1.73. The molecule has 0 atom stereocenters. The Morgan fingerprint density at radius 3 is 2.35 bits per heavy atom. The van der Waals surface area contributed by atoms with E-state index in [4.69, 9.17) is 11.6 Å². The Morgan fingerprint density at radius 1 is 1.06 bits per heavy atom. The Balaban J connectivity index is 2.17. The van der Waals surface area contributed by atoms with Crippen LogP contribution in [0.25, 0.3) is 5.70 Å². The second kappa shape index (κ2) is 5.07. The first-order chi connectivity index (χ1) is 8.16. The van der Waals surface area contributed by atoms with Crippen molar-refractivity contribution in [3.05, 3.63) is 71.3 Å². The molecule has 2 rings (SSSR count). The van der Waals surface area contributed by atoms with E-state index in [1.165, 1.54) is 5.56 Å². The van der Waals surface area contributed by atoms with Crippen molar-refractivity contribution in [1.82, 2.24) is 0 Å². The summed E-state index contributed by atoms with van der Waals surface area (Å²) in [5, 5.41) is 3.91. The molecule has 2 aromatic rings. The number of hydrogen-bond donors (Lipinski definition) is 1. The number of benzene rings is 2. The summed E-state index contributed by atoms with van der Waals surface area (Å²) in [4.78, 5) is 0. The molecule has 0 unspecified atom stereocenters. The van der Waals surface area contributed by atoms with Crippen LogP contribution in [-0.2, 0) is 0 Å². The van der Waals surface area contributed by atoms with Gasteiger partial charge in [0.1, 0.15) is 0 Å². The van der Waals surface area contributed by atoms with Gasteiger partial charge in [0.05, 0.1) is 10.7 Å². The first-order valence-electron chi connectivity index (χ1n) is 5.44. The molecule has 0 saturated carbocycles. The fourth-order valence-corrected chi connectivity index (χ4v) is 1.74. The van der Waals surface area contributed by atoms with Gasteiger partial charge in [-0.25, -0.2) is 0 Å². The first kappa shape index (κ1) is 11.7. The average molecular weight is 244 g/mol. The van der Waals surface area contributed by atoms with Gasteiger partial charge in [-0.15, -0.1) is 0 Å². The van der Waals surface area contributed by atoms with E-state index >= 15 is 0 Å². The zero-order valence-corrected chi connectivity index (χ0v) is 10.5. The largest absolute Gasteiger partial charge is 0.354 e. The molecule has 1 N–H and O–H groups in total. The van der Waals surface area contributed by atoms with Crippen molar-refractivity contribution in [3.8, 4) is 0 Å². The molecular formula is C15H14ClN. The molecule has 0 saturated heterocycles. The maximum absolute atomic E-state index is 6.08. The van der Waals surface area contributed by atoms with Crippen LogP contribution < -0.4 is 5.32 Å². The molecule has 17 heavy (non-hydrogen) atoms.